The van der Waals surface area contributed by atoms with Crippen LogP contribution in [0.1, 0.15) is 51.9 Å². The van der Waals surface area contributed by atoms with E-state index >= 15 is 0 Å². The van der Waals surface area contributed by atoms with E-state index in [-0.39, 0.29) is 18.9 Å². The predicted octanol–water partition coefficient (Wildman–Crippen LogP) is 3.27. The van der Waals surface area contributed by atoms with Crippen LogP contribution in [0.5, 0.6) is 0 Å². The molecule has 124 valence electrons. The van der Waals surface area contributed by atoms with Gasteiger partial charge in [0, 0.05) is 19.1 Å². The Labute approximate surface area is 124 Å². The number of aliphatic hydroxyl groups is 1. The van der Waals surface area contributed by atoms with Crippen LogP contribution in [0.3, 0.4) is 0 Å². The van der Waals surface area contributed by atoms with Gasteiger partial charge in [-0.15, -0.1) is 0 Å². The smallest absolute Gasteiger partial charge is 0.392 e. The zero-order valence-corrected chi connectivity index (χ0v) is 12.6. The molecule has 0 aromatic carbocycles. The van der Waals surface area contributed by atoms with Gasteiger partial charge in [-0.2, -0.15) is 13.2 Å². The van der Waals surface area contributed by atoms with Crippen molar-refractivity contribution in [3.8, 4) is 0 Å². The van der Waals surface area contributed by atoms with Crippen LogP contribution >= 0.6 is 0 Å². The highest BCUT2D eigenvalue weighted by Crippen LogP contribution is 2.41. The number of rotatable bonds is 7. The minimum atomic E-state index is -4.30. The molecule has 0 spiro atoms. The number of nitrogens with one attached hydrogen (secondary N) is 1. The SMILES string of the molecule is CCCC(CCO)CNC(=O)C1CCCCC1C(F)(F)F. The Morgan fingerprint density at radius 2 is 1.95 bits per heavy atom. The fraction of sp³-hybridized carbons (Fsp3) is 0.933. The minimum absolute atomic E-state index is 0.0368. The lowest BCUT2D eigenvalue weighted by atomic mass is 9.78. The Hall–Kier alpha value is -0.780. The van der Waals surface area contributed by atoms with E-state index in [0.29, 0.717) is 32.2 Å². The standard InChI is InChI=1S/C15H26F3NO2/c1-2-5-11(8-9-20)10-19-14(21)12-6-3-4-7-13(12)15(16,17)18/h11-13,20H,2-10H2,1H3,(H,19,21). The monoisotopic (exact) mass is 309 g/mol. The van der Waals surface area contributed by atoms with Crippen molar-refractivity contribution >= 4 is 5.91 Å². The normalized spacial score (nSPS) is 24.6. The van der Waals surface area contributed by atoms with Gasteiger partial charge in [0.1, 0.15) is 0 Å². The number of hydrogen-bond donors (Lipinski definition) is 2. The van der Waals surface area contributed by atoms with Gasteiger partial charge in [0.2, 0.25) is 5.91 Å². The van der Waals surface area contributed by atoms with Crippen molar-refractivity contribution in [2.75, 3.05) is 13.2 Å². The summed E-state index contributed by atoms with van der Waals surface area (Å²) < 4.78 is 38.9. The number of carbonyl (C=O) groups is 1. The van der Waals surface area contributed by atoms with E-state index in [0.717, 1.165) is 12.8 Å². The zero-order chi connectivity index (χ0) is 15.9. The quantitative estimate of drug-likeness (QED) is 0.758. The molecular weight excluding hydrogens is 283 g/mol. The van der Waals surface area contributed by atoms with Crippen molar-refractivity contribution in [2.45, 2.75) is 58.0 Å². The second-order valence-electron chi connectivity index (χ2n) is 5.95. The van der Waals surface area contributed by atoms with Gasteiger partial charge in [0.25, 0.3) is 0 Å². The van der Waals surface area contributed by atoms with Gasteiger partial charge in [0.05, 0.1) is 5.92 Å². The Bertz CT molecular complexity index is 315. The fourth-order valence-electron chi connectivity index (χ4n) is 3.15. The molecule has 1 aliphatic carbocycles. The van der Waals surface area contributed by atoms with Crippen molar-refractivity contribution in [1.29, 1.82) is 0 Å². The van der Waals surface area contributed by atoms with E-state index in [2.05, 4.69) is 5.32 Å². The van der Waals surface area contributed by atoms with Crippen molar-refractivity contribution in [2.24, 2.45) is 17.8 Å². The summed E-state index contributed by atoms with van der Waals surface area (Å²) in [6.45, 7) is 2.40. The average Bonchev–Trinajstić information content (AvgIpc) is 2.44. The highest BCUT2D eigenvalue weighted by molar-refractivity contribution is 5.79. The second-order valence-corrected chi connectivity index (χ2v) is 5.95. The first-order valence-electron chi connectivity index (χ1n) is 7.85. The Balaban J connectivity index is 2.55. The van der Waals surface area contributed by atoms with Gasteiger partial charge in [-0.05, 0) is 31.6 Å². The van der Waals surface area contributed by atoms with Crippen LogP contribution in [0, 0.1) is 17.8 Å². The number of halogens is 3. The van der Waals surface area contributed by atoms with Crippen molar-refractivity contribution < 1.29 is 23.1 Å². The van der Waals surface area contributed by atoms with Crippen molar-refractivity contribution in [1.82, 2.24) is 5.32 Å². The van der Waals surface area contributed by atoms with Crippen LogP contribution in [-0.4, -0.2) is 30.3 Å². The molecule has 6 heteroatoms. The maximum Gasteiger partial charge on any atom is 0.392 e. The molecule has 3 unspecified atom stereocenters. The summed E-state index contributed by atoms with van der Waals surface area (Å²) in [4.78, 5) is 12.1. The van der Waals surface area contributed by atoms with Crippen molar-refractivity contribution in [3.63, 3.8) is 0 Å². The third-order valence-electron chi connectivity index (χ3n) is 4.32. The molecular formula is C15H26F3NO2. The Morgan fingerprint density at radius 3 is 2.52 bits per heavy atom. The van der Waals surface area contributed by atoms with Crippen molar-refractivity contribution in [3.05, 3.63) is 0 Å². The zero-order valence-electron chi connectivity index (χ0n) is 12.6. The van der Waals surface area contributed by atoms with E-state index in [4.69, 9.17) is 5.11 Å². The molecule has 1 rings (SSSR count). The average molecular weight is 309 g/mol. The molecule has 0 bridgehead atoms. The van der Waals surface area contributed by atoms with E-state index in [9.17, 15) is 18.0 Å². The van der Waals surface area contributed by atoms with E-state index in [1.165, 1.54) is 0 Å². The maximum atomic E-state index is 13.0. The van der Waals surface area contributed by atoms with Crippen LogP contribution in [-0.2, 0) is 4.79 Å². The van der Waals surface area contributed by atoms with Crippen LogP contribution in [0.15, 0.2) is 0 Å². The van der Waals surface area contributed by atoms with Gasteiger partial charge in [-0.3, -0.25) is 4.79 Å². The molecule has 3 atom stereocenters. The second kappa shape index (κ2) is 8.61. The molecule has 1 fully saturated rings. The summed E-state index contributed by atoms with van der Waals surface area (Å²) in [5, 5.41) is 11.6. The number of amides is 1. The molecule has 21 heavy (non-hydrogen) atoms. The van der Waals surface area contributed by atoms with E-state index < -0.39 is 23.9 Å². The molecule has 0 aliphatic heterocycles. The summed E-state index contributed by atoms with van der Waals surface area (Å²) in [6, 6.07) is 0. The number of aliphatic hydroxyl groups excluding tert-OH is 1. The van der Waals surface area contributed by atoms with Gasteiger partial charge < -0.3 is 10.4 Å². The van der Waals surface area contributed by atoms with Gasteiger partial charge in [-0.25, -0.2) is 0 Å². The Kier molecular flexibility index (Phi) is 7.49. The molecule has 0 aromatic rings. The molecule has 0 aromatic heterocycles. The van der Waals surface area contributed by atoms with E-state index in [1.807, 2.05) is 6.92 Å². The molecule has 0 heterocycles. The lowest BCUT2D eigenvalue weighted by Crippen LogP contribution is -2.43. The molecule has 1 aliphatic rings. The molecule has 0 saturated heterocycles. The molecule has 3 nitrogen and oxygen atoms in total. The first kappa shape index (κ1) is 18.3. The molecule has 1 amide bonds. The summed E-state index contributed by atoms with van der Waals surface area (Å²) in [7, 11) is 0. The highest BCUT2D eigenvalue weighted by atomic mass is 19.4. The number of carbonyl (C=O) groups excluding carboxylic acids is 1. The first-order valence-corrected chi connectivity index (χ1v) is 7.85. The van der Waals surface area contributed by atoms with Gasteiger partial charge in [0.15, 0.2) is 0 Å². The largest absolute Gasteiger partial charge is 0.396 e. The molecule has 2 N–H and O–H groups in total. The number of hydrogen-bond acceptors (Lipinski definition) is 2. The summed E-state index contributed by atoms with van der Waals surface area (Å²) >= 11 is 0. The van der Waals surface area contributed by atoms with Crippen LogP contribution in [0.25, 0.3) is 0 Å². The lowest BCUT2D eigenvalue weighted by Gasteiger charge is -2.32. The van der Waals surface area contributed by atoms with Crippen LogP contribution in [0.2, 0.25) is 0 Å². The first-order chi connectivity index (χ1) is 9.90. The van der Waals surface area contributed by atoms with Gasteiger partial charge in [-0.1, -0.05) is 26.2 Å². The lowest BCUT2D eigenvalue weighted by molar-refractivity contribution is -0.198. The third-order valence-corrected chi connectivity index (χ3v) is 4.32. The van der Waals surface area contributed by atoms with Crippen LogP contribution in [0.4, 0.5) is 13.2 Å². The maximum absolute atomic E-state index is 13.0. The highest BCUT2D eigenvalue weighted by Gasteiger charge is 2.47. The minimum Gasteiger partial charge on any atom is -0.396 e. The summed E-state index contributed by atoms with van der Waals surface area (Å²) in [6.07, 6.45) is -0.358. The summed E-state index contributed by atoms with van der Waals surface area (Å²) in [5.41, 5.74) is 0. The Morgan fingerprint density at radius 1 is 1.29 bits per heavy atom. The third kappa shape index (κ3) is 5.85. The topological polar surface area (TPSA) is 49.3 Å². The predicted molar refractivity (Wildman–Crippen MR) is 74.6 cm³/mol. The van der Waals surface area contributed by atoms with E-state index in [1.54, 1.807) is 0 Å². The van der Waals surface area contributed by atoms with Crippen LogP contribution < -0.4 is 5.32 Å². The number of alkyl halides is 3. The summed E-state index contributed by atoms with van der Waals surface area (Å²) in [5.74, 6) is -2.79. The molecule has 0 radical (unpaired) electrons. The molecule has 1 saturated carbocycles. The fourth-order valence-corrected chi connectivity index (χ4v) is 3.15. The van der Waals surface area contributed by atoms with Gasteiger partial charge >= 0.3 is 6.18 Å².